The number of benzene rings is 8. The van der Waals surface area contributed by atoms with Crippen LogP contribution in [0.2, 0.25) is 0 Å². The third-order valence-electron chi connectivity index (χ3n) is 10.5. The molecule has 3 heterocycles. The summed E-state index contributed by atoms with van der Waals surface area (Å²) in [6.07, 6.45) is 0. The Bertz CT molecular complexity index is 3070. The summed E-state index contributed by atoms with van der Waals surface area (Å²) >= 11 is 0. The average molecular weight is 651 g/mol. The highest BCUT2D eigenvalue weighted by Crippen LogP contribution is 2.43. The molecule has 0 atom stereocenters. The van der Waals surface area contributed by atoms with Gasteiger partial charge < -0.3 is 13.6 Å². The molecule has 238 valence electrons. The van der Waals surface area contributed by atoms with Gasteiger partial charge in [-0.1, -0.05) is 127 Å². The van der Waals surface area contributed by atoms with E-state index in [1.807, 2.05) is 0 Å². The molecule has 0 radical (unpaired) electrons. The second kappa shape index (κ2) is 10.8. The summed E-state index contributed by atoms with van der Waals surface area (Å²) in [6.45, 7) is 0. The van der Waals surface area contributed by atoms with Crippen LogP contribution in [-0.4, -0.2) is 9.13 Å². The maximum absolute atomic E-state index is 6.50. The fourth-order valence-corrected chi connectivity index (χ4v) is 8.33. The number of fused-ring (bicyclic) bond motifs is 9. The van der Waals surface area contributed by atoms with Gasteiger partial charge in [0.25, 0.3) is 0 Å². The molecule has 3 heteroatoms. The summed E-state index contributed by atoms with van der Waals surface area (Å²) < 4.78 is 11.3. The molecule has 11 aromatic rings. The molecule has 0 bridgehead atoms. The first kappa shape index (κ1) is 28.0. The zero-order valence-electron chi connectivity index (χ0n) is 27.6. The van der Waals surface area contributed by atoms with Gasteiger partial charge in [-0.15, -0.1) is 0 Å². The maximum Gasteiger partial charge on any atom is 0.135 e. The number of furan rings is 1. The van der Waals surface area contributed by atoms with Crippen LogP contribution >= 0.6 is 0 Å². The van der Waals surface area contributed by atoms with Gasteiger partial charge in [-0.2, -0.15) is 0 Å². The highest BCUT2D eigenvalue weighted by Gasteiger charge is 2.21. The summed E-state index contributed by atoms with van der Waals surface area (Å²) in [4.78, 5) is 0. The van der Waals surface area contributed by atoms with Crippen molar-refractivity contribution >= 4 is 65.6 Å². The minimum absolute atomic E-state index is 0.877. The summed E-state index contributed by atoms with van der Waals surface area (Å²) in [5.41, 5.74) is 13.6. The van der Waals surface area contributed by atoms with Crippen LogP contribution in [0.15, 0.2) is 186 Å². The SMILES string of the molecule is c1ccc(-c2cccc3c2c2cccc(-c4ccccc4)c2n3-c2ccc3oc4ccc(-n5c6ccccc6c6ccccc65)cc4c3c2)cc1. The van der Waals surface area contributed by atoms with Gasteiger partial charge in [0.2, 0.25) is 0 Å². The van der Waals surface area contributed by atoms with Crippen LogP contribution in [0.25, 0.3) is 99.2 Å². The molecule has 51 heavy (non-hydrogen) atoms. The molecule has 11 rings (SSSR count). The molecular weight excluding hydrogens is 621 g/mol. The van der Waals surface area contributed by atoms with Crippen molar-refractivity contribution in [1.82, 2.24) is 9.13 Å². The molecule has 0 aliphatic rings. The molecule has 0 spiro atoms. The Morgan fingerprint density at radius 1 is 0.333 bits per heavy atom. The van der Waals surface area contributed by atoms with Crippen LogP contribution < -0.4 is 0 Å². The van der Waals surface area contributed by atoms with Gasteiger partial charge in [0.1, 0.15) is 11.2 Å². The van der Waals surface area contributed by atoms with E-state index in [1.165, 1.54) is 65.9 Å². The van der Waals surface area contributed by atoms with Crippen LogP contribution in [0.4, 0.5) is 0 Å². The van der Waals surface area contributed by atoms with Gasteiger partial charge in [0.05, 0.1) is 22.1 Å². The lowest BCUT2D eigenvalue weighted by molar-refractivity contribution is 0.669. The van der Waals surface area contributed by atoms with Crippen molar-refractivity contribution in [3.63, 3.8) is 0 Å². The number of hydrogen-bond donors (Lipinski definition) is 0. The highest BCUT2D eigenvalue weighted by molar-refractivity contribution is 6.19. The van der Waals surface area contributed by atoms with Crippen LogP contribution in [0.1, 0.15) is 0 Å². The lowest BCUT2D eigenvalue weighted by Crippen LogP contribution is -1.95. The summed E-state index contributed by atoms with van der Waals surface area (Å²) in [6, 6.07) is 65.4. The Morgan fingerprint density at radius 3 is 1.47 bits per heavy atom. The summed E-state index contributed by atoms with van der Waals surface area (Å²) in [5, 5.41) is 7.18. The van der Waals surface area contributed by atoms with Gasteiger partial charge in [-0.25, -0.2) is 0 Å². The molecule has 0 unspecified atom stereocenters. The van der Waals surface area contributed by atoms with E-state index in [0.717, 1.165) is 33.3 Å². The first-order valence-corrected chi connectivity index (χ1v) is 17.4. The van der Waals surface area contributed by atoms with Gasteiger partial charge in [-0.3, -0.25) is 0 Å². The first-order chi connectivity index (χ1) is 25.3. The number of nitrogens with zero attached hydrogens (tertiary/aromatic N) is 2. The number of aromatic nitrogens is 2. The fourth-order valence-electron chi connectivity index (χ4n) is 8.33. The third-order valence-corrected chi connectivity index (χ3v) is 10.5. The normalized spacial score (nSPS) is 11.9. The lowest BCUT2D eigenvalue weighted by Gasteiger charge is -2.12. The predicted molar refractivity (Wildman–Crippen MR) is 213 cm³/mol. The van der Waals surface area contributed by atoms with E-state index < -0.39 is 0 Å². The Balaban J connectivity index is 1.20. The maximum atomic E-state index is 6.50. The monoisotopic (exact) mass is 650 g/mol. The molecule has 0 saturated carbocycles. The third kappa shape index (κ3) is 4.12. The zero-order valence-corrected chi connectivity index (χ0v) is 27.6. The van der Waals surface area contributed by atoms with Crippen molar-refractivity contribution in [3.8, 4) is 33.6 Å². The molecule has 3 nitrogen and oxygen atoms in total. The van der Waals surface area contributed by atoms with Crippen molar-refractivity contribution < 1.29 is 4.42 Å². The Labute approximate surface area is 293 Å². The fraction of sp³-hybridized carbons (Fsp3) is 0. The van der Waals surface area contributed by atoms with E-state index in [1.54, 1.807) is 0 Å². The molecule has 0 aliphatic carbocycles. The van der Waals surface area contributed by atoms with Gasteiger partial charge in [-0.05, 0) is 71.3 Å². The second-order valence-corrected chi connectivity index (χ2v) is 13.3. The van der Waals surface area contributed by atoms with E-state index >= 15 is 0 Å². The van der Waals surface area contributed by atoms with Crippen molar-refractivity contribution in [3.05, 3.63) is 182 Å². The van der Waals surface area contributed by atoms with Crippen molar-refractivity contribution in [2.24, 2.45) is 0 Å². The van der Waals surface area contributed by atoms with Crippen LogP contribution in [0, 0.1) is 0 Å². The van der Waals surface area contributed by atoms with Gasteiger partial charge in [0.15, 0.2) is 0 Å². The van der Waals surface area contributed by atoms with Gasteiger partial charge >= 0.3 is 0 Å². The first-order valence-electron chi connectivity index (χ1n) is 17.4. The van der Waals surface area contributed by atoms with E-state index in [0.29, 0.717) is 0 Å². The van der Waals surface area contributed by atoms with Crippen LogP contribution in [0.5, 0.6) is 0 Å². The van der Waals surface area contributed by atoms with E-state index in [2.05, 4.69) is 191 Å². The van der Waals surface area contributed by atoms with Crippen LogP contribution in [0.3, 0.4) is 0 Å². The van der Waals surface area contributed by atoms with E-state index in [-0.39, 0.29) is 0 Å². The average Bonchev–Trinajstić information content (AvgIpc) is 3.86. The summed E-state index contributed by atoms with van der Waals surface area (Å²) in [7, 11) is 0. The quantitative estimate of drug-likeness (QED) is 0.186. The Hall–Kier alpha value is -6.84. The van der Waals surface area contributed by atoms with E-state index in [9.17, 15) is 0 Å². The molecule has 3 aromatic heterocycles. The topological polar surface area (TPSA) is 23.0 Å². The van der Waals surface area contributed by atoms with Crippen molar-refractivity contribution in [1.29, 1.82) is 0 Å². The second-order valence-electron chi connectivity index (χ2n) is 13.3. The molecule has 0 saturated heterocycles. The number of para-hydroxylation sites is 3. The Kier molecular flexibility index (Phi) is 5.96. The molecule has 0 N–H and O–H groups in total. The van der Waals surface area contributed by atoms with Gasteiger partial charge in [0, 0.05) is 49.3 Å². The molecule has 8 aromatic carbocycles. The summed E-state index contributed by atoms with van der Waals surface area (Å²) in [5.74, 6) is 0. The van der Waals surface area contributed by atoms with Crippen molar-refractivity contribution in [2.45, 2.75) is 0 Å². The number of hydrogen-bond acceptors (Lipinski definition) is 1. The number of rotatable bonds is 4. The molecule has 0 aliphatic heterocycles. The minimum Gasteiger partial charge on any atom is -0.456 e. The lowest BCUT2D eigenvalue weighted by atomic mass is 9.97. The predicted octanol–water partition coefficient (Wildman–Crippen LogP) is 13.1. The molecule has 0 amide bonds. The van der Waals surface area contributed by atoms with Crippen molar-refractivity contribution in [2.75, 3.05) is 0 Å². The molecular formula is C48H30N2O. The zero-order chi connectivity index (χ0) is 33.5. The van der Waals surface area contributed by atoms with Crippen LogP contribution in [-0.2, 0) is 0 Å². The smallest absolute Gasteiger partial charge is 0.135 e. The largest absolute Gasteiger partial charge is 0.456 e. The van der Waals surface area contributed by atoms with E-state index in [4.69, 9.17) is 4.42 Å². The highest BCUT2D eigenvalue weighted by atomic mass is 16.3. The molecule has 0 fully saturated rings. The Morgan fingerprint density at radius 2 is 0.824 bits per heavy atom. The standard InChI is InChI=1S/C48H30N2O/c1-3-13-31(14-4-1)35-19-12-24-44-47(35)39-21-11-20-36(32-15-5-2-6-16-32)48(39)50(44)34-26-28-46-41(30-34)40-29-33(25-27-45(40)51-46)49-42-22-9-7-17-37(42)38-18-8-10-23-43(38)49/h1-30H. The minimum atomic E-state index is 0.877.